The largest absolute Gasteiger partial charge is 0.325 e. The second-order valence-electron chi connectivity index (χ2n) is 5.79. The predicted octanol–water partition coefficient (Wildman–Crippen LogP) is 3.25. The first-order valence-corrected chi connectivity index (χ1v) is 8.46. The molecule has 1 amide bonds. The van der Waals surface area contributed by atoms with Crippen molar-refractivity contribution in [3.05, 3.63) is 28.2 Å². The van der Waals surface area contributed by atoms with E-state index in [4.69, 9.17) is 23.2 Å². The summed E-state index contributed by atoms with van der Waals surface area (Å²) in [6, 6.07) is 5.12. The third-order valence-corrected chi connectivity index (χ3v) is 4.82. The maximum atomic E-state index is 12.1. The molecule has 0 radical (unpaired) electrons. The fourth-order valence-corrected chi connectivity index (χ4v) is 3.06. The van der Waals surface area contributed by atoms with Crippen LogP contribution >= 0.6 is 23.2 Å². The second kappa shape index (κ2) is 8.73. The molecule has 1 aliphatic heterocycles. The second-order valence-corrected chi connectivity index (χ2v) is 6.60. The Morgan fingerprint density at radius 1 is 1.27 bits per heavy atom. The lowest BCUT2D eigenvalue weighted by Crippen LogP contribution is -2.39. The number of hydrogen-bond acceptors (Lipinski definition) is 3. The molecular formula is C16H23Cl2N3O. The summed E-state index contributed by atoms with van der Waals surface area (Å²) in [5, 5.41) is 7.00. The highest BCUT2D eigenvalue weighted by Crippen LogP contribution is 2.25. The van der Waals surface area contributed by atoms with Crippen molar-refractivity contribution in [3.63, 3.8) is 0 Å². The number of carbonyl (C=O) groups is 1. The van der Waals surface area contributed by atoms with Crippen LogP contribution < -0.4 is 10.6 Å². The molecule has 2 rings (SSSR count). The maximum Gasteiger partial charge on any atom is 0.238 e. The molecule has 2 N–H and O–H groups in total. The van der Waals surface area contributed by atoms with Crippen molar-refractivity contribution in [3.8, 4) is 0 Å². The lowest BCUT2D eigenvalue weighted by Gasteiger charge is -2.31. The minimum absolute atomic E-state index is 0.00735. The average molecular weight is 344 g/mol. The van der Waals surface area contributed by atoms with E-state index in [1.807, 2.05) is 7.05 Å². The third kappa shape index (κ3) is 5.43. The van der Waals surface area contributed by atoms with Gasteiger partial charge in [-0.2, -0.15) is 0 Å². The van der Waals surface area contributed by atoms with Gasteiger partial charge in [0, 0.05) is 5.69 Å². The number of nitrogens with zero attached hydrogens (tertiary/aromatic N) is 1. The summed E-state index contributed by atoms with van der Waals surface area (Å²) in [6.45, 7) is 3.48. The van der Waals surface area contributed by atoms with Crippen molar-refractivity contribution in [2.24, 2.45) is 5.92 Å². The smallest absolute Gasteiger partial charge is 0.238 e. The Morgan fingerprint density at radius 3 is 2.64 bits per heavy atom. The van der Waals surface area contributed by atoms with E-state index in [1.54, 1.807) is 18.2 Å². The molecule has 0 spiro atoms. The molecule has 22 heavy (non-hydrogen) atoms. The van der Waals surface area contributed by atoms with Crippen LogP contribution in [0.1, 0.15) is 19.3 Å². The Labute approximate surface area is 142 Å². The Bertz CT molecular complexity index is 502. The average Bonchev–Trinajstić information content (AvgIpc) is 2.50. The van der Waals surface area contributed by atoms with E-state index < -0.39 is 0 Å². The number of halogens is 2. The molecule has 1 aliphatic rings. The Balaban J connectivity index is 1.75. The van der Waals surface area contributed by atoms with Crippen molar-refractivity contribution in [1.82, 2.24) is 10.2 Å². The number of nitrogens with one attached hydrogen (secondary N) is 2. The van der Waals surface area contributed by atoms with E-state index in [9.17, 15) is 4.79 Å². The molecule has 0 atom stereocenters. The standard InChI is InChI=1S/C16H23Cl2N3O/c1-19-7-4-12-5-8-21(9-6-12)11-16(22)20-13-2-3-14(17)15(18)10-13/h2-3,10,12,19H,4-9,11H2,1H3,(H,20,22). The molecule has 122 valence electrons. The Morgan fingerprint density at radius 2 is 2.00 bits per heavy atom. The molecule has 0 saturated carbocycles. The van der Waals surface area contributed by atoms with Gasteiger partial charge >= 0.3 is 0 Å². The number of amides is 1. The van der Waals surface area contributed by atoms with Gasteiger partial charge in [-0.05, 0) is 70.1 Å². The normalized spacial score (nSPS) is 16.7. The van der Waals surface area contributed by atoms with Crippen molar-refractivity contribution < 1.29 is 4.79 Å². The molecule has 0 bridgehead atoms. The van der Waals surface area contributed by atoms with Gasteiger partial charge in [0.1, 0.15) is 0 Å². The van der Waals surface area contributed by atoms with Crippen LogP contribution in [0, 0.1) is 5.92 Å². The summed E-state index contributed by atoms with van der Waals surface area (Å²) in [7, 11) is 1.99. The summed E-state index contributed by atoms with van der Waals surface area (Å²) in [5.41, 5.74) is 0.684. The zero-order valence-electron chi connectivity index (χ0n) is 12.9. The van der Waals surface area contributed by atoms with Gasteiger partial charge in [0.05, 0.1) is 16.6 Å². The van der Waals surface area contributed by atoms with E-state index >= 15 is 0 Å². The quantitative estimate of drug-likeness (QED) is 0.833. The molecule has 1 fully saturated rings. The summed E-state index contributed by atoms with van der Waals surface area (Å²) in [4.78, 5) is 14.3. The highest BCUT2D eigenvalue weighted by molar-refractivity contribution is 6.42. The SMILES string of the molecule is CNCCC1CCN(CC(=O)Nc2ccc(Cl)c(Cl)c2)CC1. The lowest BCUT2D eigenvalue weighted by atomic mass is 9.93. The van der Waals surface area contributed by atoms with Gasteiger partial charge in [-0.15, -0.1) is 0 Å². The van der Waals surface area contributed by atoms with Crippen LogP contribution in [0.15, 0.2) is 18.2 Å². The number of anilines is 1. The van der Waals surface area contributed by atoms with E-state index in [0.717, 1.165) is 25.6 Å². The van der Waals surface area contributed by atoms with Crippen LogP contribution in [0.25, 0.3) is 0 Å². The third-order valence-electron chi connectivity index (χ3n) is 4.08. The van der Waals surface area contributed by atoms with E-state index in [1.165, 1.54) is 19.3 Å². The van der Waals surface area contributed by atoms with Crippen molar-refractivity contribution >= 4 is 34.8 Å². The summed E-state index contributed by atoms with van der Waals surface area (Å²) in [6.07, 6.45) is 3.56. The van der Waals surface area contributed by atoms with Gasteiger partial charge in [0.2, 0.25) is 5.91 Å². The molecular weight excluding hydrogens is 321 g/mol. The van der Waals surface area contributed by atoms with Gasteiger partial charge in [0.25, 0.3) is 0 Å². The molecule has 4 nitrogen and oxygen atoms in total. The fraction of sp³-hybridized carbons (Fsp3) is 0.562. The van der Waals surface area contributed by atoms with Gasteiger partial charge < -0.3 is 10.6 Å². The number of rotatable bonds is 6. The molecule has 0 aromatic heterocycles. The van der Waals surface area contributed by atoms with Crippen LogP contribution in [-0.2, 0) is 4.79 Å². The summed E-state index contributed by atoms with van der Waals surface area (Å²) in [5.74, 6) is 0.772. The van der Waals surface area contributed by atoms with E-state index in [2.05, 4.69) is 15.5 Å². The minimum Gasteiger partial charge on any atom is -0.325 e. The first-order valence-electron chi connectivity index (χ1n) is 7.70. The van der Waals surface area contributed by atoms with Crippen LogP contribution in [0.3, 0.4) is 0 Å². The molecule has 0 unspecified atom stereocenters. The van der Waals surface area contributed by atoms with Gasteiger partial charge in [-0.1, -0.05) is 23.2 Å². The van der Waals surface area contributed by atoms with Gasteiger partial charge in [-0.3, -0.25) is 9.69 Å². The zero-order valence-corrected chi connectivity index (χ0v) is 14.4. The molecule has 6 heteroatoms. The van der Waals surface area contributed by atoms with Crippen LogP contribution in [0.5, 0.6) is 0 Å². The van der Waals surface area contributed by atoms with E-state index in [-0.39, 0.29) is 5.91 Å². The summed E-state index contributed by atoms with van der Waals surface area (Å²) >= 11 is 11.8. The molecule has 1 saturated heterocycles. The molecule has 0 aliphatic carbocycles. The maximum absolute atomic E-state index is 12.1. The van der Waals surface area contributed by atoms with Crippen molar-refractivity contribution in [2.75, 3.05) is 38.5 Å². The molecule has 1 aromatic rings. The van der Waals surface area contributed by atoms with Gasteiger partial charge in [0.15, 0.2) is 0 Å². The Hall–Kier alpha value is -0.810. The Kier molecular flexibility index (Phi) is 6.96. The topological polar surface area (TPSA) is 44.4 Å². The van der Waals surface area contributed by atoms with Crippen LogP contribution in [0.2, 0.25) is 10.0 Å². The molecule has 1 aromatic carbocycles. The predicted molar refractivity (Wildman–Crippen MR) is 92.8 cm³/mol. The molecule has 1 heterocycles. The van der Waals surface area contributed by atoms with Crippen LogP contribution in [-0.4, -0.2) is 44.0 Å². The number of likely N-dealkylation sites (tertiary alicyclic amines) is 1. The van der Waals surface area contributed by atoms with E-state index in [0.29, 0.717) is 22.3 Å². The summed E-state index contributed by atoms with van der Waals surface area (Å²) < 4.78 is 0. The monoisotopic (exact) mass is 343 g/mol. The number of carbonyl (C=O) groups excluding carboxylic acids is 1. The highest BCUT2D eigenvalue weighted by atomic mass is 35.5. The lowest BCUT2D eigenvalue weighted by molar-refractivity contribution is -0.117. The number of benzene rings is 1. The van der Waals surface area contributed by atoms with Crippen LogP contribution in [0.4, 0.5) is 5.69 Å². The van der Waals surface area contributed by atoms with Gasteiger partial charge in [-0.25, -0.2) is 0 Å². The zero-order chi connectivity index (χ0) is 15.9. The van der Waals surface area contributed by atoms with Crippen molar-refractivity contribution in [2.45, 2.75) is 19.3 Å². The van der Waals surface area contributed by atoms with Crippen molar-refractivity contribution in [1.29, 1.82) is 0 Å². The number of hydrogen-bond donors (Lipinski definition) is 2. The first-order chi connectivity index (χ1) is 10.6. The number of piperidine rings is 1. The fourth-order valence-electron chi connectivity index (χ4n) is 2.76. The first kappa shape index (κ1) is 17.5. The highest BCUT2D eigenvalue weighted by Gasteiger charge is 2.20. The minimum atomic E-state index is -0.00735.